The van der Waals surface area contributed by atoms with Gasteiger partial charge in [-0.3, -0.25) is 0 Å². The summed E-state index contributed by atoms with van der Waals surface area (Å²) < 4.78 is 3.69. The Kier molecular flexibility index (Phi) is 3.33. The van der Waals surface area contributed by atoms with Crippen LogP contribution in [-0.4, -0.2) is 5.91 Å². The summed E-state index contributed by atoms with van der Waals surface area (Å²) in [4.78, 5) is 11.6. The molecule has 0 aliphatic carbocycles. The minimum atomic E-state index is 0.0369. The zero-order chi connectivity index (χ0) is 10.7. The van der Waals surface area contributed by atoms with E-state index in [0.717, 1.165) is 0 Å². The second-order valence-corrected chi connectivity index (χ2v) is 4.04. The Balaban J connectivity index is 2.89. The molecule has 0 fully saturated rings. The van der Waals surface area contributed by atoms with E-state index in [1.807, 2.05) is 38.6 Å². The molecule has 0 radical (unpaired) electrons. The summed E-state index contributed by atoms with van der Waals surface area (Å²) in [6.07, 6.45) is 7.46. The molecule has 0 spiro atoms. The lowest BCUT2D eigenvalue weighted by atomic mass is 10.2. The topological polar surface area (TPSA) is 24.8 Å². The van der Waals surface area contributed by atoms with E-state index < -0.39 is 0 Å². The molecule has 1 aromatic rings. The summed E-state index contributed by atoms with van der Waals surface area (Å²) in [6.45, 7) is 8.01. The van der Waals surface area contributed by atoms with Crippen LogP contribution in [0.5, 0.6) is 0 Å². The van der Waals surface area contributed by atoms with Gasteiger partial charge < -0.3 is 0 Å². The van der Waals surface area contributed by atoms with Gasteiger partial charge >= 0.3 is 5.91 Å². The fraction of sp³-hybridized carbons (Fsp3) is 0.545. The van der Waals surface area contributed by atoms with Crippen LogP contribution in [0.3, 0.4) is 0 Å². The van der Waals surface area contributed by atoms with Crippen molar-refractivity contribution in [1.82, 2.24) is 0 Å². The fourth-order valence-corrected chi connectivity index (χ4v) is 1.19. The summed E-state index contributed by atoms with van der Waals surface area (Å²) in [5.74, 6) is 0.163. The van der Waals surface area contributed by atoms with Crippen molar-refractivity contribution in [2.75, 3.05) is 0 Å². The SMILES string of the molecule is CC(C)C(=O)[n+]1cc[n+](C(C)C)cc1. The van der Waals surface area contributed by atoms with Gasteiger partial charge in [0.2, 0.25) is 24.8 Å². The Labute approximate surface area is 85.0 Å². The van der Waals surface area contributed by atoms with Gasteiger partial charge in [0.15, 0.2) is 6.04 Å². The molecule has 14 heavy (non-hydrogen) atoms. The van der Waals surface area contributed by atoms with Crippen molar-refractivity contribution >= 4 is 5.91 Å². The first kappa shape index (κ1) is 10.8. The van der Waals surface area contributed by atoms with E-state index in [1.54, 1.807) is 4.57 Å². The minimum absolute atomic E-state index is 0.0369. The van der Waals surface area contributed by atoms with Crippen LogP contribution in [0.2, 0.25) is 0 Å². The van der Waals surface area contributed by atoms with Crippen molar-refractivity contribution in [2.24, 2.45) is 5.92 Å². The van der Waals surface area contributed by atoms with Crippen LogP contribution in [0, 0.1) is 5.92 Å². The number of carbonyl (C=O) groups excluding carboxylic acids is 1. The molecule has 3 heteroatoms. The molecule has 0 saturated carbocycles. The van der Waals surface area contributed by atoms with Crippen LogP contribution >= 0.6 is 0 Å². The highest BCUT2D eigenvalue weighted by atomic mass is 16.2. The maximum Gasteiger partial charge on any atom is 0.395 e. The van der Waals surface area contributed by atoms with E-state index in [-0.39, 0.29) is 11.8 Å². The lowest BCUT2D eigenvalue weighted by Crippen LogP contribution is -2.48. The Hall–Kier alpha value is -1.25. The van der Waals surface area contributed by atoms with Crippen LogP contribution < -0.4 is 9.13 Å². The van der Waals surface area contributed by atoms with Crippen molar-refractivity contribution in [3.05, 3.63) is 24.8 Å². The third-order valence-corrected chi connectivity index (χ3v) is 2.14. The van der Waals surface area contributed by atoms with E-state index in [0.29, 0.717) is 6.04 Å². The first-order valence-corrected chi connectivity index (χ1v) is 4.98. The van der Waals surface area contributed by atoms with Gasteiger partial charge in [-0.2, -0.15) is 4.57 Å². The Morgan fingerprint density at radius 2 is 1.50 bits per heavy atom. The van der Waals surface area contributed by atoms with Crippen molar-refractivity contribution in [3.8, 4) is 0 Å². The third kappa shape index (κ3) is 2.37. The predicted octanol–water partition coefficient (Wildman–Crippen LogP) is 1.14. The van der Waals surface area contributed by atoms with E-state index in [9.17, 15) is 4.79 Å². The smallest absolute Gasteiger partial charge is 0.219 e. The molecule has 0 N–H and O–H groups in total. The Morgan fingerprint density at radius 1 is 1.00 bits per heavy atom. The molecule has 1 heterocycles. The van der Waals surface area contributed by atoms with Gasteiger partial charge in [-0.15, -0.1) is 4.57 Å². The normalized spacial score (nSPS) is 11.0. The molecule has 0 amide bonds. The standard InChI is InChI=1S/C11H18N2O/c1-9(2)11(14)13-7-5-12(6-8-13)10(3)4/h5-10H,1-4H3/q+2. The zero-order valence-corrected chi connectivity index (χ0v) is 9.27. The molecule has 0 aromatic carbocycles. The third-order valence-electron chi connectivity index (χ3n) is 2.14. The van der Waals surface area contributed by atoms with Gasteiger partial charge in [0.05, 0.1) is 5.92 Å². The molecule has 1 aromatic heterocycles. The average molecular weight is 194 g/mol. The quantitative estimate of drug-likeness (QED) is 0.648. The zero-order valence-electron chi connectivity index (χ0n) is 9.27. The van der Waals surface area contributed by atoms with Gasteiger partial charge in [-0.1, -0.05) is 0 Å². The fourth-order valence-electron chi connectivity index (χ4n) is 1.19. The van der Waals surface area contributed by atoms with Gasteiger partial charge in [0.1, 0.15) is 0 Å². The molecule has 0 unspecified atom stereocenters. The van der Waals surface area contributed by atoms with Crippen LogP contribution in [0.1, 0.15) is 38.5 Å². The summed E-state index contributed by atoms with van der Waals surface area (Å²) in [6, 6.07) is 0.429. The van der Waals surface area contributed by atoms with Crippen LogP contribution in [0.15, 0.2) is 24.8 Å². The molecule has 0 bridgehead atoms. The number of carbonyl (C=O) groups is 1. The van der Waals surface area contributed by atoms with E-state index in [4.69, 9.17) is 0 Å². The first-order chi connectivity index (χ1) is 6.52. The van der Waals surface area contributed by atoms with Gasteiger partial charge in [-0.05, 0) is 27.7 Å². The maximum atomic E-state index is 11.6. The summed E-state index contributed by atoms with van der Waals surface area (Å²) >= 11 is 0. The number of rotatable bonds is 2. The van der Waals surface area contributed by atoms with E-state index in [1.165, 1.54) is 0 Å². The second-order valence-electron chi connectivity index (χ2n) is 4.04. The van der Waals surface area contributed by atoms with E-state index in [2.05, 4.69) is 18.4 Å². The number of aromatic nitrogens is 2. The van der Waals surface area contributed by atoms with Crippen molar-refractivity contribution in [1.29, 1.82) is 0 Å². The highest BCUT2D eigenvalue weighted by molar-refractivity contribution is 5.68. The van der Waals surface area contributed by atoms with Crippen molar-refractivity contribution < 1.29 is 13.9 Å². The number of hydrogen-bond donors (Lipinski definition) is 0. The Morgan fingerprint density at radius 3 is 1.86 bits per heavy atom. The molecule has 3 nitrogen and oxygen atoms in total. The summed E-state index contributed by atoms with van der Waals surface area (Å²) in [7, 11) is 0. The second kappa shape index (κ2) is 4.31. The molecule has 0 atom stereocenters. The van der Waals surface area contributed by atoms with Gasteiger partial charge in [0.25, 0.3) is 0 Å². The average Bonchev–Trinajstić information content (AvgIpc) is 2.16. The predicted molar refractivity (Wildman–Crippen MR) is 52.7 cm³/mol. The largest absolute Gasteiger partial charge is 0.395 e. The van der Waals surface area contributed by atoms with Crippen LogP contribution in [-0.2, 0) is 0 Å². The number of hydrogen-bond acceptors (Lipinski definition) is 1. The number of nitrogens with zero attached hydrogens (tertiary/aromatic N) is 2. The van der Waals surface area contributed by atoms with Crippen molar-refractivity contribution in [3.63, 3.8) is 0 Å². The molecule has 1 rings (SSSR count). The molecule has 76 valence electrons. The van der Waals surface area contributed by atoms with Crippen molar-refractivity contribution in [2.45, 2.75) is 33.7 Å². The first-order valence-electron chi connectivity index (χ1n) is 4.98. The van der Waals surface area contributed by atoms with Crippen LogP contribution in [0.25, 0.3) is 0 Å². The monoisotopic (exact) mass is 194 g/mol. The Bertz CT molecular complexity index is 315. The summed E-state index contributed by atoms with van der Waals surface area (Å²) in [5.41, 5.74) is 0. The minimum Gasteiger partial charge on any atom is -0.219 e. The lowest BCUT2D eigenvalue weighted by molar-refractivity contribution is -0.734. The lowest BCUT2D eigenvalue weighted by Gasteiger charge is -1.99. The molecule has 0 aliphatic heterocycles. The van der Waals surface area contributed by atoms with Crippen LogP contribution in [0.4, 0.5) is 0 Å². The molecule has 0 aliphatic rings. The highest BCUT2D eigenvalue weighted by Crippen LogP contribution is 1.92. The highest BCUT2D eigenvalue weighted by Gasteiger charge is 2.20. The van der Waals surface area contributed by atoms with Gasteiger partial charge in [-0.25, -0.2) is 4.79 Å². The summed E-state index contributed by atoms with van der Waals surface area (Å²) in [5, 5.41) is 0. The molecular weight excluding hydrogens is 176 g/mol. The maximum absolute atomic E-state index is 11.6. The molecule has 0 saturated heterocycles. The molecular formula is C11H18N2O+2. The van der Waals surface area contributed by atoms with Gasteiger partial charge in [0, 0.05) is 0 Å². The van der Waals surface area contributed by atoms with E-state index >= 15 is 0 Å².